The standard InChI is InChI=1S/C18H20N4O4S/c1-25-10-8-22-15-7-3-2-6-14(15)20-18(22)27-12-16(23)21-17(24)19-11-13-5-4-9-26-13/h2-7,9H,8,10-12H2,1H3,(H2,19,21,23,24). The molecule has 3 rings (SSSR count). The fourth-order valence-electron chi connectivity index (χ4n) is 2.48. The number of para-hydroxylation sites is 2. The largest absolute Gasteiger partial charge is 0.467 e. The average Bonchev–Trinajstić information content (AvgIpc) is 3.30. The number of ether oxygens (including phenoxy) is 1. The van der Waals surface area contributed by atoms with Gasteiger partial charge in [-0.2, -0.15) is 0 Å². The highest BCUT2D eigenvalue weighted by Crippen LogP contribution is 2.23. The van der Waals surface area contributed by atoms with E-state index < -0.39 is 11.9 Å². The van der Waals surface area contributed by atoms with Crippen molar-refractivity contribution in [3.05, 3.63) is 48.4 Å². The summed E-state index contributed by atoms with van der Waals surface area (Å²) < 4.78 is 12.3. The smallest absolute Gasteiger partial charge is 0.321 e. The third-order valence-electron chi connectivity index (χ3n) is 3.73. The first-order valence-electron chi connectivity index (χ1n) is 8.34. The Kier molecular flexibility index (Phi) is 6.50. The van der Waals surface area contributed by atoms with Gasteiger partial charge in [0.15, 0.2) is 5.16 Å². The van der Waals surface area contributed by atoms with Gasteiger partial charge in [-0.1, -0.05) is 23.9 Å². The average molecular weight is 388 g/mol. The lowest BCUT2D eigenvalue weighted by atomic mass is 10.3. The Morgan fingerprint density at radius 2 is 2.11 bits per heavy atom. The molecule has 0 spiro atoms. The predicted molar refractivity (Wildman–Crippen MR) is 101 cm³/mol. The maximum Gasteiger partial charge on any atom is 0.321 e. The van der Waals surface area contributed by atoms with Crippen LogP contribution in [-0.2, 0) is 22.6 Å². The molecule has 0 saturated carbocycles. The molecule has 0 bridgehead atoms. The number of nitrogens with one attached hydrogen (secondary N) is 2. The van der Waals surface area contributed by atoms with Crippen molar-refractivity contribution in [3.8, 4) is 0 Å². The first kappa shape index (κ1) is 19.0. The van der Waals surface area contributed by atoms with Crippen molar-refractivity contribution in [3.63, 3.8) is 0 Å². The molecule has 27 heavy (non-hydrogen) atoms. The van der Waals surface area contributed by atoms with E-state index in [0.717, 1.165) is 11.0 Å². The molecule has 1 aromatic carbocycles. The Morgan fingerprint density at radius 3 is 2.89 bits per heavy atom. The number of rotatable bonds is 8. The number of thioether (sulfide) groups is 1. The van der Waals surface area contributed by atoms with Crippen molar-refractivity contribution >= 4 is 34.7 Å². The van der Waals surface area contributed by atoms with E-state index in [2.05, 4.69) is 15.6 Å². The number of imide groups is 1. The molecule has 0 atom stereocenters. The van der Waals surface area contributed by atoms with E-state index in [0.29, 0.717) is 24.1 Å². The Morgan fingerprint density at radius 1 is 1.26 bits per heavy atom. The quantitative estimate of drug-likeness (QED) is 0.575. The summed E-state index contributed by atoms with van der Waals surface area (Å²) in [6, 6.07) is 10.7. The van der Waals surface area contributed by atoms with E-state index in [1.165, 1.54) is 18.0 Å². The second-order valence-corrected chi connectivity index (χ2v) is 6.57. The topological polar surface area (TPSA) is 98.4 Å². The Hall–Kier alpha value is -2.78. The molecule has 0 unspecified atom stereocenters. The number of urea groups is 1. The number of hydrogen-bond acceptors (Lipinski definition) is 6. The minimum absolute atomic E-state index is 0.0739. The number of benzene rings is 1. The highest BCUT2D eigenvalue weighted by molar-refractivity contribution is 7.99. The fourth-order valence-corrected chi connectivity index (χ4v) is 3.32. The molecular weight excluding hydrogens is 368 g/mol. The van der Waals surface area contributed by atoms with Gasteiger partial charge < -0.3 is 19.0 Å². The lowest BCUT2D eigenvalue weighted by Crippen LogP contribution is -2.39. The number of carbonyl (C=O) groups excluding carboxylic acids is 2. The monoisotopic (exact) mass is 388 g/mol. The maximum atomic E-state index is 12.1. The lowest BCUT2D eigenvalue weighted by Gasteiger charge is -2.08. The zero-order chi connectivity index (χ0) is 19.1. The van der Waals surface area contributed by atoms with Crippen LogP contribution >= 0.6 is 11.8 Å². The number of methoxy groups -OCH3 is 1. The van der Waals surface area contributed by atoms with Crippen molar-refractivity contribution in [1.29, 1.82) is 0 Å². The molecular formula is C18H20N4O4S. The summed E-state index contributed by atoms with van der Waals surface area (Å²) in [6.07, 6.45) is 1.52. The van der Waals surface area contributed by atoms with Crippen LogP contribution in [0.3, 0.4) is 0 Å². The molecule has 2 aromatic heterocycles. The van der Waals surface area contributed by atoms with Crippen LogP contribution in [-0.4, -0.2) is 41.0 Å². The Labute approximate surface area is 160 Å². The van der Waals surface area contributed by atoms with E-state index >= 15 is 0 Å². The molecule has 0 radical (unpaired) electrons. The first-order valence-corrected chi connectivity index (χ1v) is 9.33. The van der Waals surface area contributed by atoms with Crippen LogP contribution in [0.2, 0.25) is 0 Å². The van der Waals surface area contributed by atoms with Gasteiger partial charge in [-0.25, -0.2) is 9.78 Å². The van der Waals surface area contributed by atoms with Crippen molar-refractivity contribution in [2.24, 2.45) is 0 Å². The summed E-state index contributed by atoms with van der Waals surface area (Å²) in [4.78, 5) is 28.4. The summed E-state index contributed by atoms with van der Waals surface area (Å²) in [7, 11) is 1.64. The zero-order valence-corrected chi connectivity index (χ0v) is 15.6. The van der Waals surface area contributed by atoms with E-state index in [9.17, 15) is 9.59 Å². The number of aromatic nitrogens is 2. The van der Waals surface area contributed by atoms with E-state index in [-0.39, 0.29) is 12.3 Å². The number of hydrogen-bond donors (Lipinski definition) is 2. The van der Waals surface area contributed by atoms with Gasteiger partial charge >= 0.3 is 6.03 Å². The van der Waals surface area contributed by atoms with Crippen molar-refractivity contribution in [2.75, 3.05) is 19.5 Å². The molecule has 2 N–H and O–H groups in total. The number of carbonyl (C=O) groups is 2. The molecule has 0 aliphatic heterocycles. The Balaban J connectivity index is 1.55. The molecule has 3 amide bonds. The van der Waals surface area contributed by atoms with Crippen molar-refractivity contribution in [1.82, 2.24) is 20.2 Å². The first-order chi connectivity index (χ1) is 13.2. The molecule has 2 heterocycles. The van der Waals surface area contributed by atoms with Gasteiger partial charge in [0.25, 0.3) is 0 Å². The van der Waals surface area contributed by atoms with Gasteiger partial charge in [-0.05, 0) is 24.3 Å². The second kappa shape index (κ2) is 9.24. The lowest BCUT2D eigenvalue weighted by molar-refractivity contribution is -0.117. The van der Waals surface area contributed by atoms with Crippen LogP contribution < -0.4 is 10.6 Å². The highest BCUT2D eigenvalue weighted by atomic mass is 32.2. The predicted octanol–water partition coefficient (Wildman–Crippen LogP) is 2.39. The summed E-state index contributed by atoms with van der Waals surface area (Å²) in [5, 5.41) is 5.57. The maximum absolute atomic E-state index is 12.1. The van der Waals surface area contributed by atoms with Gasteiger partial charge in [0.2, 0.25) is 5.91 Å². The fraction of sp³-hybridized carbons (Fsp3) is 0.278. The SMILES string of the molecule is COCCn1c(SCC(=O)NC(=O)NCc2ccco2)nc2ccccc21. The van der Waals surface area contributed by atoms with E-state index in [4.69, 9.17) is 9.15 Å². The number of imidazole rings is 1. The van der Waals surface area contributed by atoms with E-state index in [1.807, 2.05) is 28.8 Å². The summed E-state index contributed by atoms with van der Waals surface area (Å²) >= 11 is 1.27. The van der Waals surface area contributed by atoms with Gasteiger partial charge in [0.1, 0.15) is 5.76 Å². The molecule has 0 aliphatic rings. The minimum atomic E-state index is -0.565. The number of amides is 3. The molecule has 0 fully saturated rings. The van der Waals surface area contributed by atoms with Gasteiger partial charge in [-0.3, -0.25) is 10.1 Å². The summed E-state index contributed by atoms with van der Waals surface area (Å²) in [6.45, 7) is 1.38. The molecule has 0 saturated heterocycles. The van der Waals surface area contributed by atoms with Gasteiger partial charge in [-0.15, -0.1) is 0 Å². The number of fused-ring (bicyclic) bond motifs is 1. The van der Waals surface area contributed by atoms with Crippen LogP contribution in [0.15, 0.2) is 52.2 Å². The normalized spacial score (nSPS) is 10.9. The van der Waals surface area contributed by atoms with Crippen LogP contribution in [0.5, 0.6) is 0 Å². The van der Waals surface area contributed by atoms with Crippen molar-refractivity contribution in [2.45, 2.75) is 18.2 Å². The van der Waals surface area contributed by atoms with Crippen LogP contribution in [0.25, 0.3) is 11.0 Å². The van der Waals surface area contributed by atoms with Crippen LogP contribution in [0.1, 0.15) is 5.76 Å². The van der Waals surface area contributed by atoms with Crippen molar-refractivity contribution < 1.29 is 18.7 Å². The third-order valence-corrected chi connectivity index (χ3v) is 4.70. The van der Waals surface area contributed by atoms with Crippen LogP contribution in [0, 0.1) is 0 Å². The molecule has 3 aromatic rings. The second-order valence-electron chi connectivity index (χ2n) is 5.63. The Bertz CT molecular complexity index is 907. The third kappa shape index (κ3) is 5.11. The highest BCUT2D eigenvalue weighted by Gasteiger charge is 2.14. The number of furan rings is 1. The zero-order valence-electron chi connectivity index (χ0n) is 14.8. The van der Waals surface area contributed by atoms with E-state index in [1.54, 1.807) is 19.2 Å². The number of nitrogens with zero attached hydrogens (tertiary/aromatic N) is 2. The molecule has 9 heteroatoms. The summed E-state index contributed by atoms with van der Waals surface area (Å²) in [5.41, 5.74) is 1.83. The molecule has 8 nitrogen and oxygen atoms in total. The minimum Gasteiger partial charge on any atom is -0.467 e. The molecule has 142 valence electrons. The molecule has 0 aliphatic carbocycles. The summed E-state index contributed by atoms with van der Waals surface area (Å²) in [5.74, 6) is 0.283. The van der Waals surface area contributed by atoms with Gasteiger partial charge in [0.05, 0.1) is 36.2 Å². The van der Waals surface area contributed by atoms with Gasteiger partial charge in [0, 0.05) is 13.7 Å². The van der Waals surface area contributed by atoms with Crippen LogP contribution in [0.4, 0.5) is 4.79 Å².